The first-order valence-corrected chi connectivity index (χ1v) is 11.1. The van der Waals surface area contributed by atoms with Gasteiger partial charge in [-0.1, -0.05) is 18.6 Å². The highest BCUT2D eigenvalue weighted by atomic mass is 16.8. The van der Waals surface area contributed by atoms with Crippen LogP contribution in [-0.2, 0) is 25.4 Å². The summed E-state index contributed by atoms with van der Waals surface area (Å²) in [7, 11) is 0.230. The second kappa shape index (κ2) is 11.5. The third kappa shape index (κ3) is 6.68. The first kappa shape index (κ1) is 23.5. The zero-order valence-corrected chi connectivity index (χ0v) is 18.4. The molecule has 1 amide bonds. The van der Waals surface area contributed by atoms with Crippen molar-refractivity contribution in [3.05, 3.63) is 41.9 Å². The Morgan fingerprint density at radius 2 is 2.09 bits per heavy atom. The zero-order valence-electron chi connectivity index (χ0n) is 18.4. The Hall–Kier alpha value is -3.15. The van der Waals surface area contributed by atoms with Crippen LogP contribution < -0.4 is 9.97 Å². The van der Waals surface area contributed by atoms with E-state index in [0.29, 0.717) is 17.7 Å². The number of nitriles is 1. The predicted octanol–water partition coefficient (Wildman–Crippen LogP) is 3.06. The van der Waals surface area contributed by atoms with Crippen LogP contribution in [0.4, 0.5) is 0 Å². The summed E-state index contributed by atoms with van der Waals surface area (Å²) in [6.45, 7) is 5.38. The molecule has 8 nitrogen and oxygen atoms in total. The summed E-state index contributed by atoms with van der Waals surface area (Å²) in [4.78, 5) is 24.6. The molecule has 1 saturated carbocycles. The van der Waals surface area contributed by atoms with Gasteiger partial charge in [0.15, 0.2) is 0 Å². The minimum atomic E-state index is -0.870. The lowest BCUT2D eigenvalue weighted by Gasteiger charge is -2.27. The van der Waals surface area contributed by atoms with Crippen molar-refractivity contribution in [2.45, 2.75) is 76.6 Å². The van der Waals surface area contributed by atoms with Crippen molar-refractivity contribution in [3.8, 4) is 11.8 Å². The Morgan fingerprint density at radius 1 is 1.31 bits per heavy atom. The van der Waals surface area contributed by atoms with E-state index in [1.807, 2.05) is 12.1 Å². The van der Waals surface area contributed by atoms with Crippen LogP contribution in [0.15, 0.2) is 30.7 Å². The molecule has 1 aromatic rings. The maximum absolute atomic E-state index is 12.7. The summed E-state index contributed by atoms with van der Waals surface area (Å²) < 4.78 is 22.4. The maximum atomic E-state index is 12.7. The van der Waals surface area contributed by atoms with E-state index in [9.17, 15) is 9.59 Å². The summed E-state index contributed by atoms with van der Waals surface area (Å²) in [5.41, 5.74) is 1.10. The Kier molecular flexibility index (Phi) is 8.43. The number of rotatable bonds is 9. The highest BCUT2D eigenvalue weighted by Gasteiger charge is 2.28. The molecule has 1 aromatic carbocycles. The highest BCUT2D eigenvalue weighted by Crippen LogP contribution is 2.29. The molecule has 1 aliphatic heterocycles. The lowest BCUT2D eigenvalue weighted by Crippen LogP contribution is -2.45. The second-order valence-corrected chi connectivity index (χ2v) is 8.07. The fraction of sp³-hybridized carbons (Fsp3) is 0.522. The molecule has 2 unspecified atom stereocenters. The van der Waals surface area contributed by atoms with Crippen LogP contribution >= 0.6 is 0 Å². The van der Waals surface area contributed by atoms with E-state index < -0.39 is 12.3 Å². The molecule has 9 heteroatoms. The number of carbonyl (C=O) groups excluding carboxylic acids is 2. The Labute approximate surface area is 189 Å². The number of hydrogen-bond acceptors (Lipinski definition) is 7. The van der Waals surface area contributed by atoms with Crippen LogP contribution in [0, 0.1) is 11.3 Å². The fourth-order valence-corrected chi connectivity index (χ4v) is 3.97. The summed E-state index contributed by atoms with van der Waals surface area (Å²) in [5.74, 6) is -0.386. The molecule has 2 aliphatic rings. The van der Waals surface area contributed by atoms with E-state index in [2.05, 4.69) is 11.9 Å². The van der Waals surface area contributed by atoms with Crippen LogP contribution in [0.1, 0.15) is 67.8 Å². The number of benzene rings is 1. The molecule has 0 spiro atoms. The molecule has 0 saturated heterocycles. The van der Waals surface area contributed by atoms with Crippen LogP contribution in [0.2, 0.25) is 0 Å². The average Bonchev–Trinajstić information content (AvgIpc) is 2.77. The van der Waals surface area contributed by atoms with Gasteiger partial charge in [0, 0.05) is 25.7 Å². The van der Waals surface area contributed by atoms with Crippen LogP contribution in [0.5, 0.6) is 5.75 Å². The van der Waals surface area contributed by atoms with Gasteiger partial charge in [0.1, 0.15) is 17.4 Å². The van der Waals surface area contributed by atoms with Gasteiger partial charge in [0.05, 0.1) is 6.07 Å². The van der Waals surface area contributed by atoms with E-state index >= 15 is 0 Å². The van der Waals surface area contributed by atoms with E-state index in [-0.39, 0.29) is 44.2 Å². The first-order chi connectivity index (χ1) is 15.5. The summed E-state index contributed by atoms with van der Waals surface area (Å²) in [6.07, 6.45) is 5.51. The third-order valence-corrected chi connectivity index (χ3v) is 5.46. The fourth-order valence-electron chi connectivity index (χ4n) is 3.97. The van der Waals surface area contributed by atoms with E-state index in [1.54, 1.807) is 19.1 Å². The minimum Gasteiger partial charge on any atom is -0.561 e. The van der Waals surface area contributed by atoms with Crippen molar-refractivity contribution < 1.29 is 28.5 Å². The largest absolute Gasteiger partial charge is 0.561 e. The number of esters is 1. The molecule has 3 rings (SSSR count). The van der Waals surface area contributed by atoms with Gasteiger partial charge >= 0.3 is 13.5 Å². The molecular weight excluding hydrogens is 411 g/mol. The van der Waals surface area contributed by atoms with Gasteiger partial charge in [-0.25, -0.2) is 4.79 Å². The zero-order chi connectivity index (χ0) is 22.9. The average molecular weight is 440 g/mol. The topological polar surface area (TPSA) is 107 Å². The normalized spacial score (nSPS) is 18.6. The third-order valence-electron chi connectivity index (χ3n) is 5.46. The van der Waals surface area contributed by atoms with Gasteiger partial charge in [-0.3, -0.25) is 4.79 Å². The summed E-state index contributed by atoms with van der Waals surface area (Å²) in [5, 5.41) is 11.5. The molecule has 0 aromatic heterocycles. The van der Waals surface area contributed by atoms with Gasteiger partial charge < -0.3 is 24.2 Å². The van der Waals surface area contributed by atoms with Crippen molar-refractivity contribution in [1.29, 1.82) is 5.26 Å². The predicted molar refractivity (Wildman–Crippen MR) is 118 cm³/mol. The van der Waals surface area contributed by atoms with Crippen molar-refractivity contribution in [2.24, 2.45) is 0 Å². The van der Waals surface area contributed by atoms with E-state index in [1.165, 1.54) is 6.42 Å². The standard InChI is InChI=1S/C23H29BN2O6/c1-15(30-18-9-4-3-5-10-18)29-16(2)31-23(28)19-11-6-8-17-14-20(24-32-22(17)19)26-21(27)12-7-13-25/h6,8,11,16,18,20,24H,1,3-5,7,9-10,12,14H2,2H3,(H,26,27). The van der Waals surface area contributed by atoms with Crippen LogP contribution in [0.25, 0.3) is 0 Å². The molecule has 0 bridgehead atoms. The lowest BCUT2D eigenvalue weighted by molar-refractivity contribution is -0.125. The SMILES string of the molecule is C=C(OC1CCCCC1)OC(C)OC(=O)c1cccc2c1OBC(NC(=O)CCC#N)C2. The Balaban J connectivity index is 1.53. The number of ether oxygens (including phenoxy) is 3. The number of fused-ring (bicyclic) bond motifs is 1. The van der Waals surface area contributed by atoms with E-state index in [0.717, 1.165) is 31.2 Å². The number of carbonyl (C=O) groups is 2. The number of amides is 1. The minimum absolute atomic E-state index is 0.0991. The van der Waals surface area contributed by atoms with Gasteiger partial charge in [-0.2, -0.15) is 5.26 Å². The lowest BCUT2D eigenvalue weighted by atomic mass is 9.79. The number of nitrogens with zero attached hydrogens (tertiary/aromatic N) is 1. The van der Waals surface area contributed by atoms with Gasteiger partial charge in [0.2, 0.25) is 12.2 Å². The molecule has 1 N–H and O–H groups in total. The molecular formula is C23H29BN2O6. The molecule has 0 radical (unpaired) electrons. The Morgan fingerprint density at radius 3 is 2.84 bits per heavy atom. The molecule has 1 aliphatic carbocycles. The van der Waals surface area contributed by atoms with E-state index in [4.69, 9.17) is 24.1 Å². The van der Waals surface area contributed by atoms with Crippen molar-refractivity contribution in [2.75, 3.05) is 0 Å². The summed E-state index contributed by atoms with van der Waals surface area (Å²) >= 11 is 0. The molecule has 1 fully saturated rings. The van der Waals surface area contributed by atoms with Crippen molar-refractivity contribution >= 4 is 19.4 Å². The van der Waals surface area contributed by atoms with Crippen LogP contribution in [-0.4, -0.2) is 37.7 Å². The number of hydrogen-bond donors (Lipinski definition) is 1. The molecule has 1 heterocycles. The van der Waals surface area contributed by atoms with Gasteiger partial charge in [-0.05, 0) is 50.3 Å². The maximum Gasteiger partial charge on any atom is 0.363 e. The second-order valence-electron chi connectivity index (χ2n) is 8.07. The molecule has 2 atom stereocenters. The Bertz CT molecular complexity index is 878. The number of para-hydroxylation sites is 1. The van der Waals surface area contributed by atoms with Crippen LogP contribution in [0.3, 0.4) is 0 Å². The summed E-state index contributed by atoms with van der Waals surface area (Å²) in [6, 6.07) is 7.18. The first-order valence-electron chi connectivity index (χ1n) is 11.1. The monoisotopic (exact) mass is 440 g/mol. The molecule has 32 heavy (non-hydrogen) atoms. The van der Waals surface area contributed by atoms with Crippen molar-refractivity contribution in [1.82, 2.24) is 5.32 Å². The van der Waals surface area contributed by atoms with Crippen molar-refractivity contribution in [3.63, 3.8) is 0 Å². The quantitative estimate of drug-likeness (QED) is 0.272. The smallest absolute Gasteiger partial charge is 0.363 e. The van der Waals surface area contributed by atoms with Gasteiger partial charge in [-0.15, -0.1) is 0 Å². The molecule has 170 valence electrons. The van der Waals surface area contributed by atoms with Gasteiger partial charge in [0.25, 0.3) is 5.95 Å². The highest BCUT2D eigenvalue weighted by molar-refractivity contribution is 6.32. The number of nitrogens with one attached hydrogen (secondary N) is 1.